The molecule has 0 radical (unpaired) electrons. The van der Waals surface area contributed by atoms with E-state index in [1.54, 1.807) is 0 Å². The van der Waals surface area contributed by atoms with E-state index in [1.807, 2.05) is 0 Å². The molecule has 0 unspecified atom stereocenters. The molecule has 124 valence electrons. The Hall–Kier alpha value is -1.66. The van der Waals surface area contributed by atoms with Gasteiger partial charge in [-0.05, 0) is 37.3 Å². The van der Waals surface area contributed by atoms with Crippen molar-refractivity contribution in [3.8, 4) is 5.75 Å². The predicted molar refractivity (Wildman–Crippen MR) is 81.8 cm³/mol. The van der Waals surface area contributed by atoms with Crippen molar-refractivity contribution in [1.29, 1.82) is 0 Å². The number of hydrogen-bond donors (Lipinski definition) is 2. The van der Waals surface area contributed by atoms with Crippen molar-refractivity contribution in [2.45, 2.75) is 37.5 Å². The second-order valence-corrected chi connectivity index (χ2v) is 6.89. The highest BCUT2D eigenvalue weighted by molar-refractivity contribution is 5.94. The Morgan fingerprint density at radius 2 is 2.17 bits per heavy atom. The van der Waals surface area contributed by atoms with E-state index in [0.29, 0.717) is 12.1 Å². The van der Waals surface area contributed by atoms with Crippen LogP contribution in [0.5, 0.6) is 5.75 Å². The molecule has 0 spiro atoms. The lowest BCUT2D eigenvalue weighted by atomic mass is 10.1. The molecule has 23 heavy (non-hydrogen) atoms. The largest absolute Gasteiger partial charge is 0.508 e. The number of phenolic OH excluding ortho intramolecular Hbond substituents is 1. The van der Waals surface area contributed by atoms with E-state index >= 15 is 0 Å². The predicted octanol–water partition coefficient (Wildman–Crippen LogP) is 1.51. The third-order valence-electron chi connectivity index (χ3n) is 5.13. The number of nitrogens with one attached hydrogen (secondary N) is 1. The maximum Gasteiger partial charge on any atom is 0.254 e. The monoisotopic (exact) mass is 320 g/mol. The molecule has 4 rings (SSSR count). The van der Waals surface area contributed by atoms with Crippen molar-refractivity contribution in [2.24, 2.45) is 5.92 Å². The quantitative estimate of drug-likeness (QED) is 0.886. The van der Waals surface area contributed by atoms with E-state index in [9.17, 15) is 14.3 Å². The molecule has 3 atom stereocenters. The van der Waals surface area contributed by atoms with Crippen molar-refractivity contribution >= 4 is 5.91 Å². The molecule has 1 saturated carbocycles. The number of benzene rings is 1. The molecular weight excluding hydrogens is 299 g/mol. The Labute approximate surface area is 134 Å². The molecule has 5 nitrogen and oxygen atoms in total. The van der Waals surface area contributed by atoms with Gasteiger partial charge in [0.2, 0.25) is 0 Å². The number of phenols is 1. The van der Waals surface area contributed by atoms with Gasteiger partial charge in [0.1, 0.15) is 11.6 Å². The van der Waals surface area contributed by atoms with Crippen LogP contribution in [0.1, 0.15) is 29.6 Å². The number of amides is 1. The molecule has 0 bridgehead atoms. The summed E-state index contributed by atoms with van der Waals surface area (Å²) in [7, 11) is 0. The van der Waals surface area contributed by atoms with Gasteiger partial charge in [0.05, 0.1) is 18.3 Å². The van der Waals surface area contributed by atoms with Crippen LogP contribution in [0.3, 0.4) is 0 Å². The number of hydrogen-bond acceptors (Lipinski definition) is 4. The Morgan fingerprint density at radius 1 is 1.35 bits per heavy atom. The molecular formula is C17H21FN2O3. The van der Waals surface area contributed by atoms with Gasteiger partial charge in [0, 0.05) is 31.2 Å². The Bertz CT molecular complexity index is 620. The van der Waals surface area contributed by atoms with Crippen LogP contribution in [0.2, 0.25) is 0 Å². The number of rotatable bonds is 3. The summed E-state index contributed by atoms with van der Waals surface area (Å²) in [5.41, 5.74) is -0.0280. The van der Waals surface area contributed by atoms with E-state index in [4.69, 9.17) is 4.74 Å². The maximum absolute atomic E-state index is 13.8. The number of halogens is 1. The highest BCUT2D eigenvalue weighted by atomic mass is 19.1. The van der Waals surface area contributed by atoms with Gasteiger partial charge in [-0.2, -0.15) is 0 Å². The van der Waals surface area contributed by atoms with Gasteiger partial charge < -0.3 is 15.2 Å². The lowest BCUT2D eigenvalue weighted by Gasteiger charge is -2.35. The van der Waals surface area contributed by atoms with E-state index in [1.165, 1.54) is 25.0 Å². The summed E-state index contributed by atoms with van der Waals surface area (Å²) in [6, 6.07) is 3.96. The van der Waals surface area contributed by atoms with Crippen LogP contribution in [0.25, 0.3) is 0 Å². The lowest BCUT2D eigenvalue weighted by Crippen LogP contribution is -2.47. The maximum atomic E-state index is 13.8. The zero-order valence-corrected chi connectivity index (χ0v) is 12.9. The molecule has 1 aromatic rings. The Balaban J connectivity index is 1.37. The third-order valence-corrected chi connectivity index (χ3v) is 5.13. The van der Waals surface area contributed by atoms with Crippen LogP contribution in [-0.2, 0) is 4.74 Å². The van der Waals surface area contributed by atoms with Gasteiger partial charge in [0.15, 0.2) is 0 Å². The summed E-state index contributed by atoms with van der Waals surface area (Å²) in [6.45, 7) is 2.46. The first-order valence-corrected chi connectivity index (χ1v) is 8.25. The normalized spacial score (nSPS) is 30.9. The fourth-order valence-corrected chi connectivity index (χ4v) is 3.71. The van der Waals surface area contributed by atoms with Gasteiger partial charge in [-0.25, -0.2) is 4.39 Å². The fraction of sp³-hybridized carbons (Fsp3) is 0.588. The van der Waals surface area contributed by atoms with Crippen molar-refractivity contribution in [3.05, 3.63) is 29.6 Å². The number of nitrogens with zero attached hydrogens (tertiary/aromatic N) is 1. The van der Waals surface area contributed by atoms with Crippen LogP contribution in [0, 0.1) is 11.7 Å². The minimum absolute atomic E-state index is 0.0160. The van der Waals surface area contributed by atoms with Crippen LogP contribution in [0.15, 0.2) is 18.2 Å². The SMILES string of the molecule is O=C(N[C@H]1C[C@H]2CO[C@@H](C3CC3)CN2C1)c1ccc(O)cc1F. The zero-order valence-electron chi connectivity index (χ0n) is 12.9. The molecule has 2 aliphatic heterocycles. The molecule has 1 aliphatic carbocycles. The minimum Gasteiger partial charge on any atom is -0.508 e. The Kier molecular flexibility index (Phi) is 3.73. The molecule has 2 N–H and O–H groups in total. The summed E-state index contributed by atoms with van der Waals surface area (Å²) in [5.74, 6) is -0.585. The number of aromatic hydroxyl groups is 1. The van der Waals surface area contributed by atoms with Gasteiger partial charge >= 0.3 is 0 Å². The average Bonchev–Trinajstić information content (AvgIpc) is 3.27. The van der Waals surface area contributed by atoms with Gasteiger partial charge in [-0.1, -0.05) is 0 Å². The molecule has 2 saturated heterocycles. The van der Waals surface area contributed by atoms with Crippen molar-refractivity contribution in [2.75, 3.05) is 19.7 Å². The fourth-order valence-electron chi connectivity index (χ4n) is 3.71. The highest BCUT2D eigenvalue weighted by Gasteiger charge is 2.42. The van der Waals surface area contributed by atoms with Gasteiger partial charge in [-0.15, -0.1) is 0 Å². The first-order chi connectivity index (χ1) is 11.1. The van der Waals surface area contributed by atoms with Crippen LogP contribution >= 0.6 is 0 Å². The second kappa shape index (κ2) is 5.76. The van der Waals surface area contributed by atoms with Crippen molar-refractivity contribution in [1.82, 2.24) is 10.2 Å². The highest BCUT2D eigenvalue weighted by Crippen LogP contribution is 2.37. The van der Waals surface area contributed by atoms with E-state index < -0.39 is 11.7 Å². The molecule has 1 amide bonds. The van der Waals surface area contributed by atoms with E-state index in [2.05, 4.69) is 10.2 Å². The van der Waals surface area contributed by atoms with Gasteiger partial charge in [-0.3, -0.25) is 9.69 Å². The molecule has 0 aromatic heterocycles. The average molecular weight is 320 g/mol. The number of carbonyl (C=O) groups excluding carboxylic acids is 1. The smallest absolute Gasteiger partial charge is 0.254 e. The summed E-state index contributed by atoms with van der Waals surface area (Å²) >= 11 is 0. The minimum atomic E-state index is -0.699. The summed E-state index contributed by atoms with van der Waals surface area (Å²) in [5, 5.41) is 12.1. The topological polar surface area (TPSA) is 61.8 Å². The van der Waals surface area contributed by atoms with E-state index in [0.717, 1.165) is 38.1 Å². The standard InChI is InChI=1S/C17H21FN2O3/c18-15-6-13(21)3-4-14(15)17(22)19-11-5-12-9-23-16(10-1-2-10)8-20(12)7-11/h3-4,6,10-12,16,21H,1-2,5,7-9H2,(H,19,22)/t11-,12-,16+/m0/s1. The summed E-state index contributed by atoms with van der Waals surface area (Å²) in [4.78, 5) is 14.6. The molecule has 6 heteroatoms. The number of ether oxygens (including phenoxy) is 1. The zero-order chi connectivity index (χ0) is 16.0. The number of carbonyl (C=O) groups is 1. The van der Waals surface area contributed by atoms with Crippen LogP contribution in [0.4, 0.5) is 4.39 Å². The molecule has 3 aliphatic rings. The number of morpholine rings is 1. The Morgan fingerprint density at radius 3 is 2.91 bits per heavy atom. The van der Waals surface area contributed by atoms with Crippen LogP contribution < -0.4 is 5.32 Å². The third kappa shape index (κ3) is 3.05. The lowest BCUT2D eigenvalue weighted by molar-refractivity contribution is -0.0581. The second-order valence-electron chi connectivity index (χ2n) is 6.89. The first-order valence-electron chi connectivity index (χ1n) is 8.25. The summed E-state index contributed by atoms with van der Waals surface area (Å²) in [6.07, 6.45) is 3.71. The molecule has 2 heterocycles. The van der Waals surface area contributed by atoms with Crippen LogP contribution in [-0.4, -0.2) is 53.8 Å². The molecule has 3 fully saturated rings. The number of fused-ring (bicyclic) bond motifs is 1. The first kappa shape index (κ1) is 14.9. The summed E-state index contributed by atoms with van der Waals surface area (Å²) < 4.78 is 19.7. The van der Waals surface area contributed by atoms with E-state index in [-0.39, 0.29) is 17.4 Å². The van der Waals surface area contributed by atoms with Crippen molar-refractivity contribution in [3.63, 3.8) is 0 Å². The van der Waals surface area contributed by atoms with Gasteiger partial charge in [0.25, 0.3) is 5.91 Å². The molecule has 1 aromatic carbocycles. The van der Waals surface area contributed by atoms with Crippen molar-refractivity contribution < 1.29 is 19.0 Å².